The fourth-order valence-corrected chi connectivity index (χ4v) is 2.59. The third-order valence-corrected chi connectivity index (χ3v) is 4.29. The molecule has 4 heteroatoms. The first kappa shape index (κ1) is 12.5. The SMILES string of the molecule is CC1(COc2ccc(C3(O)CC3)cc2Br)COC1. The van der Waals surface area contributed by atoms with Gasteiger partial charge < -0.3 is 14.6 Å². The summed E-state index contributed by atoms with van der Waals surface area (Å²) in [6, 6.07) is 5.84. The van der Waals surface area contributed by atoms with E-state index >= 15 is 0 Å². The number of hydrogen-bond donors (Lipinski definition) is 1. The molecule has 1 aliphatic carbocycles. The van der Waals surface area contributed by atoms with Gasteiger partial charge in [0.1, 0.15) is 5.75 Å². The highest BCUT2D eigenvalue weighted by molar-refractivity contribution is 9.10. The van der Waals surface area contributed by atoms with Crippen molar-refractivity contribution in [2.24, 2.45) is 5.41 Å². The van der Waals surface area contributed by atoms with E-state index in [1.807, 2.05) is 18.2 Å². The number of aliphatic hydroxyl groups is 1. The molecule has 0 spiro atoms. The first-order chi connectivity index (χ1) is 8.51. The Labute approximate surface area is 115 Å². The minimum atomic E-state index is -0.588. The highest BCUT2D eigenvalue weighted by Crippen LogP contribution is 2.46. The largest absolute Gasteiger partial charge is 0.492 e. The second-order valence-electron chi connectivity index (χ2n) is 5.77. The predicted octanol–water partition coefficient (Wildman–Crippen LogP) is 2.85. The molecule has 1 heterocycles. The Morgan fingerprint density at radius 3 is 2.61 bits per heavy atom. The van der Waals surface area contributed by atoms with Crippen LogP contribution in [0, 0.1) is 5.41 Å². The zero-order valence-corrected chi connectivity index (χ0v) is 12.0. The monoisotopic (exact) mass is 312 g/mol. The van der Waals surface area contributed by atoms with Crippen molar-refractivity contribution >= 4 is 15.9 Å². The van der Waals surface area contributed by atoms with Gasteiger partial charge in [-0.25, -0.2) is 0 Å². The number of benzene rings is 1. The van der Waals surface area contributed by atoms with Crippen LogP contribution in [0.4, 0.5) is 0 Å². The highest BCUT2D eigenvalue weighted by atomic mass is 79.9. The predicted molar refractivity (Wildman–Crippen MR) is 71.7 cm³/mol. The fraction of sp³-hybridized carbons (Fsp3) is 0.571. The van der Waals surface area contributed by atoms with Gasteiger partial charge in [-0.1, -0.05) is 13.0 Å². The van der Waals surface area contributed by atoms with Crippen LogP contribution in [0.2, 0.25) is 0 Å². The van der Waals surface area contributed by atoms with Gasteiger partial charge in [0.05, 0.1) is 29.9 Å². The van der Waals surface area contributed by atoms with E-state index < -0.39 is 5.60 Å². The molecule has 2 fully saturated rings. The molecule has 1 saturated carbocycles. The number of ether oxygens (including phenoxy) is 2. The van der Waals surface area contributed by atoms with Gasteiger partial charge in [0.2, 0.25) is 0 Å². The molecule has 1 N–H and O–H groups in total. The summed E-state index contributed by atoms with van der Waals surface area (Å²) in [7, 11) is 0. The fourth-order valence-electron chi connectivity index (χ4n) is 2.10. The molecule has 1 saturated heterocycles. The van der Waals surface area contributed by atoms with Gasteiger partial charge in [0, 0.05) is 5.41 Å². The van der Waals surface area contributed by atoms with Crippen molar-refractivity contribution in [3.8, 4) is 5.75 Å². The van der Waals surface area contributed by atoms with Crippen molar-refractivity contribution in [2.75, 3.05) is 19.8 Å². The van der Waals surface area contributed by atoms with Crippen LogP contribution >= 0.6 is 15.9 Å². The standard InChI is InChI=1S/C14H17BrO3/c1-13(7-17-8-13)9-18-12-3-2-10(6-11(12)15)14(16)4-5-14/h2-3,6,16H,4-5,7-9H2,1H3. The summed E-state index contributed by atoms with van der Waals surface area (Å²) in [5.41, 5.74) is 0.529. The molecule has 1 aromatic carbocycles. The first-order valence-corrected chi connectivity index (χ1v) is 7.03. The van der Waals surface area contributed by atoms with Crippen LogP contribution in [-0.2, 0) is 10.3 Å². The molecule has 3 nitrogen and oxygen atoms in total. The van der Waals surface area contributed by atoms with Crippen molar-refractivity contribution in [1.82, 2.24) is 0 Å². The lowest BCUT2D eigenvalue weighted by molar-refractivity contribution is -0.120. The maximum absolute atomic E-state index is 10.0. The second-order valence-corrected chi connectivity index (χ2v) is 6.62. The Hall–Kier alpha value is -0.580. The Morgan fingerprint density at radius 1 is 1.39 bits per heavy atom. The van der Waals surface area contributed by atoms with Gasteiger partial charge in [-0.05, 0) is 46.5 Å². The molecule has 0 atom stereocenters. The van der Waals surface area contributed by atoms with Crippen LogP contribution in [0.3, 0.4) is 0 Å². The lowest BCUT2D eigenvalue weighted by atomic mass is 9.90. The van der Waals surface area contributed by atoms with Gasteiger partial charge in [0.15, 0.2) is 0 Å². The maximum atomic E-state index is 10.0. The zero-order chi connectivity index (χ0) is 12.8. The minimum absolute atomic E-state index is 0.146. The van der Waals surface area contributed by atoms with Crippen LogP contribution in [-0.4, -0.2) is 24.9 Å². The van der Waals surface area contributed by atoms with Crippen LogP contribution in [0.25, 0.3) is 0 Å². The van der Waals surface area contributed by atoms with E-state index in [-0.39, 0.29) is 5.41 Å². The molecule has 0 unspecified atom stereocenters. The van der Waals surface area contributed by atoms with Crippen molar-refractivity contribution in [3.63, 3.8) is 0 Å². The van der Waals surface area contributed by atoms with Crippen molar-refractivity contribution in [2.45, 2.75) is 25.4 Å². The molecule has 1 aliphatic heterocycles. The average Bonchev–Trinajstić information content (AvgIpc) is 3.04. The normalized spacial score (nSPS) is 23.3. The van der Waals surface area contributed by atoms with Gasteiger partial charge >= 0.3 is 0 Å². The highest BCUT2D eigenvalue weighted by Gasteiger charge is 2.42. The number of rotatable bonds is 4. The topological polar surface area (TPSA) is 38.7 Å². The first-order valence-electron chi connectivity index (χ1n) is 6.24. The Bertz CT molecular complexity index is 464. The minimum Gasteiger partial charge on any atom is -0.492 e. The summed E-state index contributed by atoms with van der Waals surface area (Å²) in [5, 5.41) is 10.0. The van der Waals surface area contributed by atoms with E-state index in [9.17, 15) is 5.11 Å². The Kier molecular flexibility index (Phi) is 2.92. The van der Waals surface area contributed by atoms with Crippen molar-refractivity contribution in [3.05, 3.63) is 28.2 Å². The third-order valence-electron chi connectivity index (χ3n) is 3.67. The summed E-state index contributed by atoms with van der Waals surface area (Å²) >= 11 is 3.51. The molecule has 1 aromatic rings. The lowest BCUT2D eigenvalue weighted by Crippen LogP contribution is -2.44. The van der Waals surface area contributed by atoms with Crippen LogP contribution < -0.4 is 4.74 Å². The van der Waals surface area contributed by atoms with Gasteiger partial charge in [0.25, 0.3) is 0 Å². The number of halogens is 1. The van der Waals surface area contributed by atoms with Gasteiger partial charge in [-0.15, -0.1) is 0 Å². The molecule has 0 aromatic heterocycles. The average molecular weight is 313 g/mol. The van der Waals surface area contributed by atoms with E-state index in [0.717, 1.165) is 41.8 Å². The molecular weight excluding hydrogens is 296 g/mol. The molecule has 18 heavy (non-hydrogen) atoms. The quantitative estimate of drug-likeness (QED) is 0.929. The molecule has 0 amide bonds. The zero-order valence-electron chi connectivity index (χ0n) is 10.4. The second kappa shape index (κ2) is 4.22. The van der Waals surface area contributed by atoms with Crippen LogP contribution in [0.1, 0.15) is 25.3 Å². The molecule has 98 valence electrons. The summed E-state index contributed by atoms with van der Waals surface area (Å²) in [4.78, 5) is 0. The van der Waals surface area contributed by atoms with E-state index in [4.69, 9.17) is 9.47 Å². The molecule has 2 aliphatic rings. The summed E-state index contributed by atoms with van der Waals surface area (Å²) in [5.74, 6) is 0.830. The molecule has 3 rings (SSSR count). The molecule has 0 radical (unpaired) electrons. The summed E-state index contributed by atoms with van der Waals surface area (Å²) in [6.07, 6.45) is 1.71. The van der Waals surface area contributed by atoms with Gasteiger partial charge in [-0.3, -0.25) is 0 Å². The lowest BCUT2D eigenvalue weighted by Gasteiger charge is -2.37. The van der Waals surface area contributed by atoms with E-state index in [2.05, 4.69) is 22.9 Å². The Morgan fingerprint density at radius 2 is 2.11 bits per heavy atom. The summed E-state index contributed by atoms with van der Waals surface area (Å²) in [6.45, 7) is 4.35. The van der Waals surface area contributed by atoms with Crippen LogP contribution in [0.5, 0.6) is 5.75 Å². The third kappa shape index (κ3) is 2.29. The smallest absolute Gasteiger partial charge is 0.133 e. The van der Waals surface area contributed by atoms with E-state index in [1.54, 1.807) is 0 Å². The number of hydrogen-bond acceptors (Lipinski definition) is 3. The van der Waals surface area contributed by atoms with Crippen LogP contribution in [0.15, 0.2) is 22.7 Å². The van der Waals surface area contributed by atoms with Gasteiger partial charge in [-0.2, -0.15) is 0 Å². The van der Waals surface area contributed by atoms with Crippen molar-refractivity contribution in [1.29, 1.82) is 0 Å². The summed E-state index contributed by atoms with van der Waals surface area (Å²) < 4.78 is 11.9. The Balaban J connectivity index is 1.69. The molecule has 0 bridgehead atoms. The van der Waals surface area contributed by atoms with Crippen molar-refractivity contribution < 1.29 is 14.6 Å². The maximum Gasteiger partial charge on any atom is 0.133 e. The molecular formula is C14H17BrO3. The van der Waals surface area contributed by atoms with E-state index in [0.29, 0.717) is 6.61 Å². The van der Waals surface area contributed by atoms with E-state index in [1.165, 1.54) is 0 Å².